The molecule has 0 saturated carbocycles. The normalized spacial score (nSPS) is 14.6. The number of pyridine rings is 1. The highest BCUT2D eigenvalue weighted by Gasteiger charge is 2.28. The first-order chi connectivity index (χ1) is 14.5. The Hall–Kier alpha value is -3.42. The summed E-state index contributed by atoms with van der Waals surface area (Å²) in [7, 11) is 0. The number of anilines is 2. The topological polar surface area (TPSA) is 71.0 Å². The Morgan fingerprint density at radius 2 is 1.87 bits per heavy atom. The number of carbonyl (C=O) groups is 1. The molecule has 0 atom stereocenters. The van der Waals surface area contributed by atoms with Gasteiger partial charge in [0.1, 0.15) is 17.5 Å². The molecule has 2 aromatic heterocycles. The van der Waals surface area contributed by atoms with E-state index in [4.69, 9.17) is 0 Å². The van der Waals surface area contributed by atoms with E-state index in [0.717, 1.165) is 11.8 Å². The zero-order valence-electron chi connectivity index (χ0n) is 16.5. The molecule has 154 valence electrons. The summed E-state index contributed by atoms with van der Waals surface area (Å²) in [6.07, 6.45) is 3.00. The molecule has 0 bridgehead atoms. The van der Waals surface area contributed by atoms with E-state index in [1.54, 1.807) is 11.1 Å². The number of rotatable bonds is 4. The molecule has 4 rings (SSSR count). The summed E-state index contributed by atoms with van der Waals surface area (Å²) in [6, 6.07) is 11.1. The van der Waals surface area contributed by atoms with Crippen molar-refractivity contribution >= 4 is 17.5 Å². The number of likely N-dealkylation sites (tertiary alicyclic amines) is 1. The van der Waals surface area contributed by atoms with Crippen LogP contribution < -0.4 is 5.32 Å². The van der Waals surface area contributed by atoms with E-state index in [2.05, 4.69) is 20.3 Å². The number of nitrogens with zero attached hydrogens (tertiary/aromatic N) is 4. The summed E-state index contributed by atoms with van der Waals surface area (Å²) in [5, 5.41) is 3.18. The highest BCUT2D eigenvalue weighted by Crippen LogP contribution is 2.28. The minimum atomic E-state index is -1.10. The van der Waals surface area contributed by atoms with Crippen LogP contribution in [0.15, 0.2) is 48.7 Å². The van der Waals surface area contributed by atoms with Crippen LogP contribution in [0.1, 0.15) is 40.6 Å². The van der Waals surface area contributed by atoms with Crippen molar-refractivity contribution < 1.29 is 13.6 Å². The number of aromatic nitrogens is 3. The third kappa shape index (κ3) is 4.27. The van der Waals surface area contributed by atoms with Crippen LogP contribution in [0.2, 0.25) is 0 Å². The maximum atomic E-state index is 14.0. The van der Waals surface area contributed by atoms with E-state index in [9.17, 15) is 13.6 Å². The van der Waals surface area contributed by atoms with Crippen LogP contribution >= 0.6 is 0 Å². The zero-order chi connectivity index (χ0) is 21.1. The average molecular weight is 409 g/mol. The van der Waals surface area contributed by atoms with Crippen LogP contribution in [0, 0.1) is 18.6 Å². The fraction of sp³-hybridized carbons (Fsp3) is 0.273. The van der Waals surface area contributed by atoms with Crippen molar-refractivity contribution in [2.24, 2.45) is 0 Å². The molecule has 1 amide bonds. The SMILES string of the molecule is Cc1cc(Nc2ccccn2)nc(C2CCN(C(=O)c3cccc(F)c3F)CC2)n1. The minimum absolute atomic E-state index is 0.0792. The Labute approximate surface area is 173 Å². The second kappa shape index (κ2) is 8.52. The van der Waals surface area contributed by atoms with Crippen LogP contribution in [0.5, 0.6) is 0 Å². The van der Waals surface area contributed by atoms with Crippen molar-refractivity contribution in [2.75, 3.05) is 18.4 Å². The number of carbonyl (C=O) groups excluding carboxylic acids is 1. The van der Waals surface area contributed by atoms with Gasteiger partial charge in [-0.25, -0.2) is 23.7 Å². The van der Waals surface area contributed by atoms with E-state index < -0.39 is 17.5 Å². The molecule has 1 N–H and O–H groups in total. The van der Waals surface area contributed by atoms with Gasteiger partial charge in [0, 0.05) is 37.0 Å². The van der Waals surface area contributed by atoms with Gasteiger partial charge in [-0.05, 0) is 44.0 Å². The molecule has 1 aliphatic rings. The fourth-order valence-electron chi connectivity index (χ4n) is 3.59. The van der Waals surface area contributed by atoms with Crippen LogP contribution in [0.3, 0.4) is 0 Å². The van der Waals surface area contributed by atoms with E-state index >= 15 is 0 Å². The number of amides is 1. The molecule has 1 aliphatic heterocycles. The van der Waals surface area contributed by atoms with Crippen molar-refractivity contribution in [3.05, 3.63) is 77.4 Å². The molecule has 0 spiro atoms. The first kappa shape index (κ1) is 19.9. The first-order valence-corrected chi connectivity index (χ1v) is 9.78. The van der Waals surface area contributed by atoms with Crippen LogP contribution in [0.25, 0.3) is 0 Å². The Morgan fingerprint density at radius 1 is 1.07 bits per heavy atom. The van der Waals surface area contributed by atoms with Gasteiger partial charge in [0.25, 0.3) is 5.91 Å². The third-order valence-corrected chi connectivity index (χ3v) is 5.12. The van der Waals surface area contributed by atoms with Gasteiger partial charge in [-0.15, -0.1) is 0 Å². The number of piperidine rings is 1. The average Bonchev–Trinajstić information content (AvgIpc) is 2.76. The number of halogens is 2. The van der Waals surface area contributed by atoms with Gasteiger partial charge < -0.3 is 10.2 Å². The monoisotopic (exact) mass is 409 g/mol. The molecule has 30 heavy (non-hydrogen) atoms. The molecule has 1 fully saturated rings. The smallest absolute Gasteiger partial charge is 0.256 e. The number of hydrogen-bond donors (Lipinski definition) is 1. The lowest BCUT2D eigenvalue weighted by molar-refractivity contribution is 0.0705. The standard InChI is InChI=1S/C22H21F2N5O/c1-14-13-19(27-18-7-2-3-10-25-18)28-21(26-14)15-8-11-29(12-9-15)22(30)16-5-4-6-17(23)20(16)24/h2-7,10,13,15H,8-9,11-12H2,1H3,(H,25,26,27,28). The molecule has 8 heteroatoms. The summed E-state index contributed by atoms with van der Waals surface area (Å²) in [5.41, 5.74) is 0.598. The first-order valence-electron chi connectivity index (χ1n) is 9.78. The summed E-state index contributed by atoms with van der Waals surface area (Å²) in [6.45, 7) is 2.76. The van der Waals surface area contributed by atoms with Crippen molar-refractivity contribution in [1.82, 2.24) is 19.9 Å². The van der Waals surface area contributed by atoms with Gasteiger partial charge in [0.05, 0.1) is 5.56 Å². The molecular weight excluding hydrogens is 388 g/mol. The molecular formula is C22H21F2N5O. The van der Waals surface area contributed by atoms with Crippen molar-refractivity contribution in [3.8, 4) is 0 Å². The predicted molar refractivity (Wildman–Crippen MR) is 109 cm³/mol. The van der Waals surface area contributed by atoms with Crippen LogP contribution in [0.4, 0.5) is 20.4 Å². The zero-order valence-corrected chi connectivity index (χ0v) is 16.5. The van der Waals surface area contributed by atoms with Gasteiger partial charge in [0.15, 0.2) is 11.6 Å². The van der Waals surface area contributed by atoms with Crippen molar-refractivity contribution in [2.45, 2.75) is 25.7 Å². The van der Waals surface area contributed by atoms with Crippen LogP contribution in [-0.2, 0) is 0 Å². The second-order valence-electron chi connectivity index (χ2n) is 7.26. The Bertz CT molecular complexity index is 1050. The van der Waals surface area contributed by atoms with Gasteiger partial charge in [-0.2, -0.15) is 0 Å². The molecule has 0 unspecified atom stereocenters. The summed E-state index contributed by atoms with van der Waals surface area (Å²) >= 11 is 0. The van der Waals surface area contributed by atoms with Gasteiger partial charge in [-0.3, -0.25) is 4.79 Å². The molecule has 3 aromatic rings. The number of benzene rings is 1. The quantitative estimate of drug-likeness (QED) is 0.699. The van der Waals surface area contributed by atoms with Gasteiger partial charge in [-0.1, -0.05) is 12.1 Å². The van der Waals surface area contributed by atoms with E-state index in [-0.39, 0.29) is 11.5 Å². The maximum absolute atomic E-state index is 14.0. The third-order valence-electron chi connectivity index (χ3n) is 5.12. The van der Waals surface area contributed by atoms with E-state index in [1.165, 1.54) is 12.1 Å². The predicted octanol–water partition coefficient (Wildman–Crippen LogP) is 4.22. The molecule has 6 nitrogen and oxygen atoms in total. The largest absolute Gasteiger partial charge is 0.339 e. The molecule has 0 radical (unpaired) electrons. The van der Waals surface area contributed by atoms with Gasteiger partial charge >= 0.3 is 0 Å². The lowest BCUT2D eigenvalue weighted by atomic mass is 9.95. The summed E-state index contributed by atoms with van der Waals surface area (Å²) in [4.78, 5) is 27.6. The Morgan fingerprint density at radius 3 is 2.60 bits per heavy atom. The van der Waals surface area contributed by atoms with E-state index in [0.29, 0.717) is 43.4 Å². The molecule has 3 heterocycles. The number of hydrogen-bond acceptors (Lipinski definition) is 5. The number of nitrogens with one attached hydrogen (secondary N) is 1. The highest BCUT2D eigenvalue weighted by atomic mass is 19.2. The second-order valence-corrected chi connectivity index (χ2v) is 7.26. The minimum Gasteiger partial charge on any atom is -0.339 e. The molecule has 1 saturated heterocycles. The lowest BCUT2D eigenvalue weighted by Crippen LogP contribution is -2.38. The van der Waals surface area contributed by atoms with Gasteiger partial charge in [0.2, 0.25) is 0 Å². The lowest BCUT2D eigenvalue weighted by Gasteiger charge is -2.31. The number of aryl methyl sites for hydroxylation is 1. The van der Waals surface area contributed by atoms with Crippen molar-refractivity contribution in [1.29, 1.82) is 0 Å². The highest BCUT2D eigenvalue weighted by molar-refractivity contribution is 5.94. The van der Waals surface area contributed by atoms with Crippen molar-refractivity contribution in [3.63, 3.8) is 0 Å². The maximum Gasteiger partial charge on any atom is 0.256 e. The van der Waals surface area contributed by atoms with Crippen LogP contribution in [-0.4, -0.2) is 38.8 Å². The Kier molecular flexibility index (Phi) is 5.65. The summed E-state index contributed by atoms with van der Waals surface area (Å²) in [5.74, 6) is -0.467. The Balaban J connectivity index is 1.45. The summed E-state index contributed by atoms with van der Waals surface area (Å²) < 4.78 is 27.4. The molecule has 0 aliphatic carbocycles. The molecule has 1 aromatic carbocycles. The fourth-order valence-corrected chi connectivity index (χ4v) is 3.59. The van der Waals surface area contributed by atoms with E-state index in [1.807, 2.05) is 31.2 Å².